The van der Waals surface area contributed by atoms with Crippen molar-refractivity contribution in [1.82, 2.24) is 29.8 Å². The van der Waals surface area contributed by atoms with E-state index < -0.39 is 45.2 Å². The molecule has 2 fully saturated rings. The van der Waals surface area contributed by atoms with Crippen molar-refractivity contribution in [3.8, 4) is 0 Å². The molecule has 0 saturated carbocycles. The number of benzene rings is 3. The number of piperidine rings is 1. The first-order valence-electron chi connectivity index (χ1n) is 23.6. The van der Waals surface area contributed by atoms with Gasteiger partial charge >= 0.3 is 0 Å². The molecule has 3 aliphatic rings. The lowest BCUT2D eigenvalue weighted by Gasteiger charge is -2.36. The minimum atomic E-state index is -3.72. The van der Waals surface area contributed by atoms with Crippen molar-refractivity contribution in [2.24, 2.45) is 0 Å². The molecular weight excluding hydrogens is 937 g/mol. The summed E-state index contributed by atoms with van der Waals surface area (Å²) in [6.45, 7) is 13.3. The van der Waals surface area contributed by atoms with E-state index >= 15 is 0 Å². The Morgan fingerprint density at radius 1 is 0.761 bits per heavy atom. The zero-order valence-electron chi connectivity index (χ0n) is 40.5. The maximum absolute atomic E-state index is 13.0. The first kappa shape index (κ1) is 52.3. The summed E-state index contributed by atoms with van der Waals surface area (Å²) in [7, 11) is -3.72. The Balaban J connectivity index is 0.699. The number of carbonyl (C=O) groups is 5. The van der Waals surface area contributed by atoms with Gasteiger partial charge in [0.2, 0.25) is 33.7 Å². The normalized spacial score (nSPS) is 16.3. The molecule has 21 nitrogen and oxygen atoms in total. The maximum Gasteiger partial charge on any atom is 0.262 e. The lowest BCUT2D eigenvalue weighted by Crippen LogP contribution is -2.54. The number of ether oxygens (including phenoxy) is 4. The minimum absolute atomic E-state index is 0.0521. The monoisotopic (exact) mass is 998 g/mol. The Labute approximate surface area is 413 Å². The highest BCUT2D eigenvalue weighted by Gasteiger charge is 2.44. The van der Waals surface area contributed by atoms with Gasteiger partial charge in [0.1, 0.15) is 11.9 Å². The van der Waals surface area contributed by atoms with E-state index in [0.717, 1.165) is 21.8 Å². The summed E-state index contributed by atoms with van der Waals surface area (Å²) in [5, 5.41) is 11.8. The number of aryl methyl sites for hydroxylation is 1. The molecule has 71 heavy (non-hydrogen) atoms. The number of piperazine rings is 1. The number of rotatable bonds is 24. The molecule has 22 heteroatoms. The summed E-state index contributed by atoms with van der Waals surface area (Å²) >= 11 is 0. The predicted octanol–water partition coefficient (Wildman–Crippen LogP) is 3.97. The van der Waals surface area contributed by atoms with Crippen molar-refractivity contribution < 1.29 is 51.3 Å². The molecule has 5 amide bonds. The summed E-state index contributed by atoms with van der Waals surface area (Å²) in [5.74, 6) is -1.21. The van der Waals surface area contributed by atoms with E-state index in [4.69, 9.17) is 18.9 Å². The van der Waals surface area contributed by atoms with Gasteiger partial charge in [0.05, 0.1) is 75.3 Å². The van der Waals surface area contributed by atoms with Crippen LogP contribution in [0.15, 0.2) is 77.8 Å². The smallest absolute Gasteiger partial charge is 0.262 e. The summed E-state index contributed by atoms with van der Waals surface area (Å²) in [5.41, 5.74) is 3.62. The van der Waals surface area contributed by atoms with Crippen molar-refractivity contribution in [3.63, 3.8) is 0 Å². The summed E-state index contributed by atoms with van der Waals surface area (Å²) in [6, 6.07) is 18.3. The number of nitrogens with one attached hydrogen (secondary N) is 5. The van der Waals surface area contributed by atoms with Gasteiger partial charge in [0.25, 0.3) is 11.8 Å². The first-order valence-corrected chi connectivity index (χ1v) is 25.1. The molecule has 4 heterocycles. The number of carbonyl (C=O) groups excluding carboxylic acids is 5. The van der Waals surface area contributed by atoms with Crippen LogP contribution in [0.5, 0.6) is 0 Å². The molecule has 3 aromatic carbocycles. The standard InChI is InChI=1S/C49H62N10O11S/c1-33-32-51-48(55-44(33)52-36-6-5-7-38(30-36)71(65,66)56-49(2,3)4)53-34-8-11-37(12-9-34)57-18-20-58(21-19-57)43(61)16-22-67-24-26-69-28-29-70-27-25-68-23-17-50-35-10-13-39-40(31-35)47(64)59(46(39)63)41-14-15-42(60)54-45(41)62/h5-13,30-32,41,50,56H,14-29H2,1-4H3,(H,54,60,62)(H2,51,52,53,55). The van der Waals surface area contributed by atoms with Gasteiger partial charge in [-0.25, -0.2) is 18.1 Å². The van der Waals surface area contributed by atoms with Crippen LogP contribution < -0.4 is 30.9 Å². The number of nitrogens with zero attached hydrogens (tertiary/aromatic N) is 5. The van der Waals surface area contributed by atoms with Crippen LogP contribution in [0.3, 0.4) is 0 Å². The third-order valence-electron chi connectivity index (χ3n) is 11.5. The lowest BCUT2D eigenvalue weighted by atomic mass is 10.0. The quantitative estimate of drug-likeness (QED) is 0.0492. The first-order chi connectivity index (χ1) is 34.0. The highest BCUT2D eigenvalue weighted by atomic mass is 32.2. The van der Waals surface area contributed by atoms with Gasteiger partial charge in [0.15, 0.2) is 0 Å². The van der Waals surface area contributed by atoms with Crippen LogP contribution in [0, 0.1) is 6.92 Å². The fourth-order valence-corrected chi connectivity index (χ4v) is 9.46. The molecule has 7 rings (SSSR count). The average molecular weight is 999 g/mol. The predicted molar refractivity (Wildman–Crippen MR) is 265 cm³/mol. The molecule has 4 aromatic rings. The molecule has 0 aliphatic carbocycles. The van der Waals surface area contributed by atoms with E-state index in [1.807, 2.05) is 36.1 Å². The largest absolute Gasteiger partial charge is 0.383 e. The molecular formula is C49H62N10O11S. The highest BCUT2D eigenvalue weighted by molar-refractivity contribution is 7.89. The highest BCUT2D eigenvalue weighted by Crippen LogP contribution is 2.30. The van der Waals surface area contributed by atoms with Crippen LogP contribution >= 0.6 is 0 Å². The molecule has 1 aromatic heterocycles. The Kier molecular flexibility index (Phi) is 17.7. The van der Waals surface area contributed by atoms with Gasteiger partial charge in [-0.2, -0.15) is 4.98 Å². The fourth-order valence-electron chi connectivity index (χ4n) is 8.00. The summed E-state index contributed by atoms with van der Waals surface area (Å²) in [6.07, 6.45) is 2.15. The number of imide groups is 2. The number of sulfonamides is 1. The van der Waals surface area contributed by atoms with Gasteiger partial charge < -0.3 is 44.7 Å². The second-order valence-corrected chi connectivity index (χ2v) is 19.8. The van der Waals surface area contributed by atoms with E-state index in [9.17, 15) is 32.4 Å². The second-order valence-electron chi connectivity index (χ2n) is 18.1. The van der Waals surface area contributed by atoms with Crippen molar-refractivity contribution in [3.05, 3.63) is 89.6 Å². The topological polar surface area (TPSA) is 252 Å². The Morgan fingerprint density at radius 3 is 2.08 bits per heavy atom. The number of hydrogen-bond donors (Lipinski definition) is 5. The molecule has 5 N–H and O–H groups in total. The number of hydrogen-bond acceptors (Lipinski definition) is 17. The van der Waals surface area contributed by atoms with Gasteiger partial charge in [-0.05, 0) is 94.8 Å². The van der Waals surface area contributed by atoms with E-state index in [0.29, 0.717) is 115 Å². The van der Waals surface area contributed by atoms with E-state index in [1.165, 1.54) is 0 Å². The number of fused-ring (bicyclic) bond motifs is 1. The Morgan fingerprint density at radius 2 is 1.41 bits per heavy atom. The van der Waals surface area contributed by atoms with Crippen LogP contribution in [0.2, 0.25) is 0 Å². The van der Waals surface area contributed by atoms with Crippen molar-refractivity contribution in [2.45, 2.75) is 63.4 Å². The van der Waals surface area contributed by atoms with E-state index in [2.05, 4.69) is 40.9 Å². The van der Waals surface area contributed by atoms with Crippen LogP contribution in [0.1, 0.15) is 66.3 Å². The van der Waals surface area contributed by atoms with Crippen LogP contribution in [-0.4, -0.2) is 155 Å². The number of amides is 5. The number of anilines is 6. The zero-order chi connectivity index (χ0) is 50.5. The Hall–Kier alpha value is -6.56. The maximum atomic E-state index is 13.0. The molecule has 0 bridgehead atoms. The average Bonchev–Trinajstić information content (AvgIpc) is 3.58. The molecule has 380 valence electrons. The SMILES string of the molecule is Cc1cnc(Nc2ccc(N3CCN(C(=O)CCOCCOCCOCCOCCNc4ccc5c(c4)C(=O)N(C4CCC(=O)NC4=O)C5=O)CC3)cc2)nc1Nc1cccc(S(=O)(=O)NC(C)(C)C)c1. The van der Waals surface area contributed by atoms with Gasteiger partial charge in [-0.15, -0.1) is 0 Å². The van der Waals surface area contributed by atoms with Crippen LogP contribution in [-0.2, 0) is 43.4 Å². The summed E-state index contributed by atoms with van der Waals surface area (Å²) < 4.78 is 50.9. The third-order valence-corrected chi connectivity index (χ3v) is 13.3. The van der Waals surface area contributed by atoms with Crippen LogP contribution in [0.25, 0.3) is 0 Å². The molecule has 0 spiro atoms. The molecule has 1 unspecified atom stereocenters. The van der Waals surface area contributed by atoms with Gasteiger partial charge in [0, 0.05) is 79.2 Å². The molecule has 2 saturated heterocycles. The van der Waals surface area contributed by atoms with E-state index in [1.54, 1.807) is 69.4 Å². The molecule has 0 radical (unpaired) electrons. The van der Waals surface area contributed by atoms with Gasteiger partial charge in [-0.3, -0.25) is 34.2 Å². The minimum Gasteiger partial charge on any atom is -0.383 e. The van der Waals surface area contributed by atoms with E-state index in [-0.39, 0.29) is 34.8 Å². The van der Waals surface area contributed by atoms with Crippen molar-refractivity contribution in [1.29, 1.82) is 0 Å². The zero-order valence-corrected chi connectivity index (χ0v) is 41.3. The molecule has 3 aliphatic heterocycles. The Bertz CT molecular complexity index is 2660. The summed E-state index contributed by atoms with van der Waals surface area (Å²) in [4.78, 5) is 76.9. The third kappa shape index (κ3) is 14.5. The fraction of sp³-hybridized carbons (Fsp3) is 0.449. The van der Waals surface area contributed by atoms with Crippen molar-refractivity contribution in [2.75, 3.05) is 106 Å². The van der Waals surface area contributed by atoms with Crippen LogP contribution in [0.4, 0.5) is 34.5 Å². The lowest BCUT2D eigenvalue weighted by molar-refractivity contribution is -0.136. The second kappa shape index (κ2) is 24.0. The van der Waals surface area contributed by atoms with Crippen molar-refractivity contribution >= 4 is 74.1 Å². The van der Waals surface area contributed by atoms with Gasteiger partial charge in [-0.1, -0.05) is 6.07 Å². The number of aromatic nitrogens is 2. The molecule has 1 atom stereocenters.